The summed E-state index contributed by atoms with van der Waals surface area (Å²) in [5, 5.41) is 8.23. The number of anilines is 1. The monoisotopic (exact) mass is 231 g/mol. The van der Waals surface area contributed by atoms with Crippen molar-refractivity contribution in [2.24, 2.45) is 0 Å². The molecule has 0 saturated heterocycles. The van der Waals surface area contributed by atoms with E-state index in [9.17, 15) is 4.79 Å². The first kappa shape index (κ1) is 8.79. The maximum Gasteiger partial charge on any atom is 0.423 e. The van der Waals surface area contributed by atoms with Gasteiger partial charge in [0.25, 0.3) is 0 Å². The van der Waals surface area contributed by atoms with Crippen LogP contribution in [0.25, 0.3) is 0 Å². The molecular weight excluding hydrogens is 226 g/mol. The maximum atomic E-state index is 10.0. The lowest BCUT2D eigenvalue weighted by Gasteiger charge is -2.03. The molecule has 6 heteroatoms. The summed E-state index contributed by atoms with van der Waals surface area (Å²) in [5.74, 6) is 0.437. The molecule has 0 atom stereocenters. The van der Waals surface area contributed by atoms with Crippen LogP contribution in [0.15, 0.2) is 22.8 Å². The number of amides is 1. The van der Waals surface area contributed by atoms with Crippen molar-refractivity contribution in [2.75, 3.05) is 5.43 Å². The minimum Gasteiger partial charge on any atom is -0.464 e. The predicted octanol–water partition coefficient (Wildman–Crippen LogP) is 1.44. The van der Waals surface area contributed by atoms with Crippen LogP contribution in [-0.4, -0.2) is 16.2 Å². The van der Waals surface area contributed by atoms with Gasteiger partial charge in [-0.3, -0.25) is 5.43 Å². The molecule has 1 rings (SSSR count). The summed E-state index contributed by atoms with van der Waals surface area (Å²) in [6.07, 6.45) is -1.16. The Kier molecular flexibility index (Phi) is 2.87. The first-order chi connectivity index (χ1) is 5.68. The number of hydrazine groups is 1. The smallest absolute Gasteiger partial charge is 0.423 e. The van der Waals surface area contributed by atoms with Crippen LogP contribution in [0.4, 0.5) is 10.6 Å². The van der Waals surface area contributed by atoms with Crippen LogP contribution in [-0.2, 0) is 0 Å². The first-order valence-corrected chi connectivity index (χ1v) is 3.85. The van der Waals surface area contributed by atoms with Crippen molar-refractivity contribution in [3.63, 3.8) is 0 Å². The van der Waals surface area contributed by atoms with Crippen molar-refractivity contribution >= 4 is 27.8 Å². The Morgan fingerprint density at radius 2 is 2.33 bits per heavy atom. The number of nitrogens with one attached hydrogen (secondary N) is 2. The molecule has 64 valence electrons. The summed E-state index contributed by atoms with van der Waals surface area (Å²) in [5.41, 5.74) is 4.37. The van der Waals surface area contributed by atoms with Gasteiger partial charge in [-0.15, -0.1) is 0 Å². The molecule has 0 aliphatic carbocycles. The van der Waals surface area contributed by atoms with Gasteiger partial charge < -0.3 is 5.11 Å². The predicted molar refractivity (Wildman–Crippen MR) is 46.7 cm³/mol. The second-order valence-electron chi connectivity index (χ2n) is 1.90. The average molecular weight is 232 g/mol. The number of aromatic nitrogens is 1. The molecule has 0 aromatic carbocycles. The lowest BCUT2D eigenvalue weighted by Crippen LogP contribution is -2.27. The minimum absolute atomic E-state index is 0.437. The zero-order valence-corrected chi connectivity index (χ0v) is 7.50. The van der Waals surface area contributed by atoms with Crippen LogP contribution < -0.4 is 10.9 Å². The van der Waals surface area contributed by atoms with Gasteiger partial charge in [0.05, 0.1) is 0 Å². The van der Waals surface area contributed by atoms with E-state index in [0.29, 0.717) is 10.4 Å². The number of hydrogen-bond acceptors (Lipinski definition) is 3. The third-order valence-corrected chi connectivity index (χ3v) is 1.45. The molecule has 0 aliphatic heterocycles. The van der Waals surface area contributed by atoms with Gasteiger partial charge in [0.15, 0.2) is 0 Å². The molecule has 0 bridgehead atoms. The number of rotatable bonds is 2. The van der Waals surface area contributed by atoms with Gasteiger partial charge in [-0.2, -0.15) is 0 Å². The van der Waals surface area contributed by atoms with Gasteiger partial charge in [0, 0.05) is 0 Å². The lowest BCUT2D eigenvalue weighted by molar-refractivity contribution is 0.197. The summed E-state index contributed by atoms with van der Waals surface area (Å²) in [6.45, 7) is 0. The van der Waals surface area contributed by atoms with E-state index in [2.05, 4.69) is 26.3 Å². The molecular formula is C6H6BrN3O2. The van der Waals surface area contributed by atoms with Crippen LogP contribution in [0, 0.1) is 0 Å². The molecule has 0 unspecified atom stereocenters. The van der Waals surface area contributed by atoms with Gasteiger partial charge in [-0.05, 0) is 28.1 Å². The van der Waals surface area contributed by atoms with Crippen LogP contribution in [0.3, 0.4) is 0 Å². The Morgan fingerprint density at radius 3 is 2.92 bits per heavy atom. The molecule has 0 aliphatic rings. The Balaban J connectivity index is 2.57. The van der Waals surface area contributed by atoms with Gasteiger partial charge >= 0.3 is 6.09 Å². The number of carbonyl (C=O) groups is 1. The Labute approximate surface area is 76.9 Å². The summed E-state index contributed by atoms with van der Waals surface area (Å²) < 4.78 is 0.639. The van der Waals surface area contributed by atoms with Gasteiger partial charge in [0.2, 0.25) is 0 Å². The van der Waals surface area contributed by atoms with Crippen molar-refractivity contribution in [1.82, 2.24) is 10.4 Å². The van der Waals surface area contributed by atoms with Crippen LogP contribution in [0.2, 0.25) is 0 Å². The molecule has 1 aromatic heterocycles. The van der Waals surface area contributed by atoms with Crippen molar-refractivity contribution in [3.05, 3.63) is 22.8 Å². The fourth-order valence-electron chi connectivity index (χ4n) is 0.595. The summed E-state index contributed by atoms with van der Waals surface area (Å²) in [7, 11) is 0. The van der Waals surface area contributed by atoms with E-state index in [4.69, 9.17) is 5.11 Å². The van der Waals surface area contributed by atoms with E-state index in [-0.39, 0.29) is 0 Å². The van der Waals surface area contributed by atoms with Crippen molar-refractivity contribution in [2.45, 2.75) is 0 Å². The number of nitrogens with zero attached hydrogens (tertiary/aromatic N) is 1. The van der Waals surface area contributed by atoms with Gasteiger partial charge in [-0.1, -0.05) is 6.07 Å². The number of hydrogen-bond donors (Lipinski definition) is 3. The highest BCUT2D eigenvalue weighted by Crippen LogP contribution is 2.08. The van der Waals surface area contributed by atoms with E-state index < -0.39 is 6.09 Å². The number of pyridine rings is 1. The topological polar surface area (TPSA) is 74.2 Å². The summed E-state index contributed by atoms with van der Waals surface area (Å²) in [6, 6.07) is 5.12. The van der Waals surface area contributed by atoms with Crippen molar-refractivity contribution < 1.29 is 9.90 Å². The van der Waals surface area contributed by atoms with E-state index >= 15 is 0 Å². The molecule has 3 N–H and O–H groups in total. The standard InChI is InChI=1S/C6H6BrN3O2/c7-4-2-1-3-5(8-4)9-10-6(11)12/h1-3,10H,(H,8,9)(H,11,12). The Morgan fingerprint density at radius 1 is 1.58 bits per heavy atom. The minimum atomic E-state index is -1.16. The molecule has 0 saturated carbocycles. The van der Waals surface area contributed by atoms with Crippen molar-refractivity contribution in [1.29, 1.82) is 0 Å². The fraction of sp³-hybridized carbons (Fsp3) is 0. The third kappa shape index (κ3) is 2.75. The SMILES string of the molecule is O=C(O)NNc1cccc(Br)n1. The Hall–Kier alpha value is -1.30. The zero-order valence-electron chi connectivity index (χ0n) is 5.91. The molecule has 0 spiro atoms. The highest BCUT2D eigenvalue weighted by atomic mass is 79.9. The average Bonchev–Trinajstić information content (AvgIpc) is 2.01. The summed E-state index contributed by atoms with van der Waals surface area (Å²) >= 11 is 3.14. The normalized spacial score (nSPS) is 9.08. The van der Waals surface area contributed by atoms with Gasteiger partial charge in [0.1, 0.15) is 10.4 Å². The molecule has 5 nitrogen and oxygen atoms in total. The second-order valence-corrected chi connectivity index (χ2v) is 2.71. The molecule has 1 amide bonds. The van der Waals surface area contributed by atoms with Crippen LogP contribution in [0.1, 0.15) is 0 Å². The second kappa shape index (κ2) is 3.91. The van der Waals surface area contributed by atoms with Crippen LogP contribution in [0.5, 0.6) is 0 Å². The number of carboxylic acid groups (broad SMARTS) is 1. The molecule has 0 radical (unpaired) electrons. The van der Waals surface area contributed by atoms with E-state index in [1.807, 2.05) is 5.43 Å². The molecule has 0 fully saturated rings. The zero-order chi connectivity index (χ0) is 8.97. The fourth-order valence-corrected chi connectivity index (χ4v) is 0.939. The Bertz CT molecular complexity index is 292. The van der Waals surface area contributed by atoms with E-state index in [1.165, 1.54) is 0 Å². The van der Waals surface area contributed by atoms with Crippen LogP contribution >= 0.6 is 15.9 Å². The highest BCUT2D eigenvalue weighted by Gasteiger charge is 1.95. The third-order valence-electron chi connectivity index (χ3n) is 1.01. The number of halogens is 1. The molecule has 12 heavy (non-hydrogen) atoms. The van der Waals surface area contributed by atoms with Crippen molar-refractivity contribution in [3.8, 4) is 0 Å². The van der Waals surface area contributed by atoms with E-state index in [1.54, 1.807) is 18.2 Å². The lowest BCUT2D eigenvalue weighted by atomic mass is 10.5. The van der Waals surface area contributed by atoms with Gasteiger partial charge in [-0.25, -0.2) is 15.2 Å². The summed E-state index contributed by atoms with van der Waals surface area (Å²) in [4.78, 5) is 14.0. The largest absolute Gasteiger partial charge is 0.464 e. The highest BCUT2D eigenvalue weighted by molar-refractivity contribution is 9.10. The molecule has 1 aromatic rings. The molecule has 1 heterocycles. The maximum absolute atomic E-state index is 10.0. The quantitative estimate of drug-likeness (QED) is 0.532. The van der Waals surface area contributed by atoms with E-state index in [0.717, 1.165) is 0 Å². The first-order valence-electron chi connectivity index (χ1n) is 3.06.